The van der Waals surface area contributed by atoms with Crippen LogP contribution in [0.2, 0.25) is 0 Å². The van der Waals surface area contributed by atoms with Crippen molar-refractivity contribution >= 4 is 22.5 Å². The van der Waals surface area contributed by atoms with Crippen molar-refractivity contribution in [2.75, 3.05) is 5.32 Å². The summed E-state index contributed by atoms with van der Waals surface area (Å²) in [5.74, 6) is 1.01. The van der Waals surface area contributed by atoms with Gasteiger partial charge >= 0.3 is 0 Å². The van der Waals surface area contributed by atoms with Gasteiger partial charge in [-0.1, -0.05) is 19.9 Å². The molecule has 0 radical (unpaired) electrons. The quantitative estimate of drug-likeness (QED) is 0.364. The van der Waals surface area contributed by atoms with Crippen molar-refractivity contribution in [2.45, 2.75) is 45.1 Å². The second-order valence-corrected chi connectivity index (χ2v) is 9.12. The molecule has 4 aromatic heterocycles. The molecule has 0 saturated heterocycles. The van der Waals surface area contributed by atoms with Crippen LogP contribution in [0.5, 0.6) is 5.75 Å². The van der Waals surface area contributed by atoms with E-state index < -0.39 is 5.82 Å². The van der Waals surface area contributed by atoms with Gasteiger partial charge in [-0.15, -0.1) is 0 Å². The molecule has 1 aliphatic rings. The van der Waals surface area contributed by atoms with E-state index in [0.717, 1.165) is 53.2 Å². The molecule has 5 aromatic rings. The van der Waals surface area contributed by atoms with E-state index in [4.69, 9.17) is 9.97 Å². The molecule has 0 spiro atoms. The lowest BCUT2D eigenvalue weighted by molar-refractivity contribution is 0.481. The van der Waals surface area contributed by atoms with Crippen molar-refractivity contribution in [3.05, 3.63) is 65.5 Å². The number of aromatic nitrogens is 6. The Balaban J connectivity index is 1.42. The van der Waals surface area contributed by atoms with Crippen molar-refractivity contribution in [2.24, 2.45) is 0 Å². The van der Waals surface area contributed by atoms with Crippen molar-refractivity contribution in [3.8, 4) is 17.1 Å². The third-order valence-corrected chi connectivity index (χ3v) is 6.50. The van der Waals surface area contributed by atoms with Gasteiger partial charge in [0.25, 0.3) is 0 Å². The number of anilines is 1. The summed E-state index contributed by atoms with van der Waals surface area (Å²) in [5.41, 5.74) is 5.42. The first-order chi connectivity index (χ1) is 16.5. The van der Waals surface area contributed by atoms with Crippen LogP contribution in [0.15, 0.2) is 42.9 Å². The molecular formula is C25H24FN7O. The van der Waals surface area contributed by atoms with E-state index in [1.54, 1.807) is 16.8 Å². The monoisotopic (exact) mass is 457 g/mol. The summed E-state index contributed by atoms with van der Waals surface area (Å²) in [5, 5.41) is 19.4. The zero-order valence-electron chi connectivity index (χ0n) is 18.9. The predicted molar refractivity (Wildman–Crippen MR) is 127 cm³/mol. The molecule has 0 bridgehead atoms. The highest BCUT2D eigenvalue weighted by molar-refractivity contribution is 5.90. The van der Waals surface area contributed by atoms with Gasteiger partial charge in [0.1, 0.15) is 11.6 Å². The zero-order chi connectivity index (χ0) is 23.4. The number of nitrogens with one attached hydrogen (secondary N) is 2. The number of phenols is 1. The molecule has 172 valence electrons. The molecule has 0 aliphatic heterocycles. The Morgan fingerprint density at radius 1 is 1.21 bits per heavy atom. The number of benzene rings is 1. The number of hydrogen-bond acceptors (Lipinski definition) is 6. The second kappa shape index (κ2) is 7.79. The first kappa shape index (κ1) is 20.6. The Hall–Kier alpha value is -4.01. The number of aryl methyl sites for hydroxylation is 1. The van der Waals surface area contributed by atoms with Gasteiger partial charge in [-0.05, 0) is 48.9 Å². The third-order valence-electron chi connectivity index (χ3n) is 6.50. The lowest BCUT2D eigenvalue weighted by atomic mass is 9.91. The molecule has 8 nitrogen and oxygen atoms in total. The van der Waals surface area contributed by atoms with Gasteiger partial charge in [0, 0.05) is 40.0 Å². The minimum Gasteiger partial charge on any atom is -0.507 e. The molecule has 4 heterocycles. The van der Waals surface area contributed by atoms with Gasteiger partial charge in [0.15, 0.2) is 11.5 Å². The van der Waals surface area contributed by atoms with Gasteiger partial charge < -0.3 is 15.4 Å². The van der Waals surface area contributed by atoms with E-state index >= 15 is 0 Å². The average molecular weight is 458 g/mol. The molecule has 3 N–H and O–H groups in total. The minimum atomic E-state index is -0.438. The molecule has 1 aromatic carbocycles. The van der Waals surface area contributed by atoms with Crippen LogP contribution in [0.1, 0.15) is 43.0 Å². The summed E-state index contributed by atoms with van der Waals surface area (Å²) >= 11 is 0. The maximum absolute atomic E-state index is 13.9. The number of halogens is 1. The van der Waals surface area contributed by atoms with Gasteiger partial charge in [-0.2, -0.15) is 14.6 Å². The predicted octanol–water partition coefficient (Wildman–Crippen LogP) is 4.61. The normalized spacial score (nSPS) is 15.8. The van der Waals surface area contributed by atoms with E-state index in [0.29, 0.717) is 23.0 Å². The van der Waals surface area contributed by atoms with Crippen LogP contribution >= 0.6 is 0 Å². The van der Waals surface area contributed by atoms with Crippen LogP contribution in [0.3, 0.4) is 0 Å². The average Bonchev–Trinajstić information content (AvgIpc) is 3.41. The number of fused-ring (bicyclic) bond motifs is 4. The summed E-state index contributed by atoms with van der Waals surface area (Å²) < 4.78 is 15.6. The fourth-order valence-electron chi connectivity index (χ4n) is 4.82. The van der Waals surface area contributed by atoms with E-state index in [-0.39, 0.29) is 17.7 Å². The smallest absolute Gasteiger partial charge is 0.228 e. The summed E-state index contributed by atoms with van der Waals surface area (Å²) in [4.78, 5) is 16.8. The summed E-state index contributed by atoms with van der Waals surface area (Å²) in [6.45, 7) is 4.17. The summed E-state index contributed by atoms with van der Waals surface area (Å²) in [7, 11) is 0. The molecule has 0 saturated carbocycles. The Bertz CT molecular complexity index is 1540. The van der Waals surface area contributed by atoms with Crippen LogP contribution < -0.4 is 5.32 Å². The Morgan fingerprint density at radius 3 is 2.91 bits per heavy atom. The van der Waals surface area contributed by atoms with E-state index in [2.05, 4.69) is 34.2 Å². The Labute approximate surface area is 194 Å². The van der Waals surface area contributed by atoms with E-state index in [1.807, 2.05) is 18.3 Å². The number of pyridine rings is 1. The first-order valence-corrected chi connectivity index (χ1v) is 11.4. The van der Waals surface area contributed by atoms with Crippen LogP contribution in [0, 0.1) is 5.82 Å². The molecule has 0 amide bonds. The molecular weight excluding hydrogens is 433 g/mol. The fourth-order valence-corrected chi connectivity index (χ4v) is 4.82. The maximum atomic E-state index is 13.9. The van der Waals surface area contributed by atoms with Crippen LogP contribution in [-0.2, 0) is 12.8 Å². The van der Waals surface area contributed by atoms with E-state index in [9.17, 15) is 9.50 Å². The first-order valence-electron chi connectivity index (χ1n) is 11.4. The van der Waals surface area contributed by atoms with E-state index in [1.165, 1.54) is 6.07 Å². The molecule has 9 heteroatoms. The van der Waals surface area contributed by atoms with Crippen LogP contribution in [-0.4, -0.2) is 40.7 Å². The number of H-pyrrole nitrogens is 1. The zero-order valence-corrected chi connectivity index (χ0v) is 18.9. The van der Waals surface area contributed by atoms with Gasteiger partial charge in [-0.25, -0.2) is 9.37 Å². The lowest BCUT2D eigenvalue weighted by Crippen LogP contribution is -2.29. The summed E-state index contributed by atoms with van der Waals surface area (Å²) in [6, 6.07) is 7.02. The van der Waals surface area contributed by atoms with Crippen LogP contribution in [0.25, 0.3) is 27.9 Å². The lowest BCUT2D eigenvalue weighted by Gasteiger charge is -2.24. The number of rotatable bonds is 4. The highest BCUT2D eigenvalue weighted by atomic mass is 19.1. The van der Waals surface area contributed by atoms with Crippen molar-refractivity contribution < 1.29 is 9.50 Å². The maximum Gasteiger partial charge on any atom is 0.228 e. The minimum absolute atomic E-state index is 0.0781. The molecule has 1 atom stereocenters. The number of nitrogens with zero attached hydrogens (tertiary/aromatic N) is 5. The summed E-state index contributed by atoms with van der Waals surface area (Å²) in [6.07, 6.45) is 7.01. The number of phenolic OH excluding ortho intramolecular Hbond substituents is 1. The Morgan fingerprint density at radius 2 is 2.09 bits per heavy atom. The standard InChI is InChI=1S/C25H24FN7O/c1-13(2)18-12-28-33-24(18)31-23(14-8-15(26)11-27-10-14)32-25(33)29-16-6-7-19-17(9-16)22-20(30-19)4-3-5-21(22)34/h3-5,8,10-13,16,30,34H,6-7,9H2,1-2H3,(H,29,31,32). The SMILES string of the molecule is CC(C)c1cnn2c(NC3CCc4[nH]c5cccc(O)c5c4C3)nc(-c3cncc(F)c3)nc12. The Kier molecular flexibility index (Phi) is 4.72. The number of hydrogen-bond donors (Lipinski definition) is 3. The number of aromatic hydroxyl groups is 1. The number of aromatic amines is 1. The van der Waals surface area contributed by atoms with Crippen molar-refractivity contribution in [1.82, 2.24) is 29.5 Å². The second-order valence-electron chi connectivity index (χ2n) is 9.12. The highest BCUT2D eigenvalue weighted by Gasteiger charge is 2.26. The van der Waals surface area contributed by atoms with Gasteiger partial charge in [-0.3, -0.25) is 4.98 Å². The largest absolute Gasteiger partial charge is 0.507 e. The highest BCUT2D eigenvalue weighted by Crippen LogP contribution is 2.35. The molecule has 1 unspecified atom stereocenters. The third kappa shape index (κ3) is 3.35. The van der Waals surface area contributed by atoms with Crippen LogP contribution in [0.4, 0.5) is 10.3 Å². The molecule has 1 aliphatic carbocycles. The topological polar surface area (TPSA) is 104 Å². The van der Waals surface area contributed by atoms with Crippen molar-refractivity contribution in [1.29, 1.82) is 0 Å². The van der Waals surface area contributed by atoms with Gasteiger partial charge in [0.05, 0.1) is 12.4 Å². The van der Waals surface area contributed by atoms with Gasteiger partial charge in [0.2, 0.25) is 5.95 Å². The fraction of sp³-hybridized carbons (Fsp3) is 0.280. The van der Waals surface area contributed by atoms with Crippen molar-refractivity contribution in [3.63, 3.8) is 0 Å². The molecule has 34 heavy (non-hydrogen) atoms. The molecule has 6 rings (SSSR count). The molecule has 0 fully saturated rings.